The van der Waals surface area contributed by atoms with Crippen molar-refractivity contribution in [3.63, 3.8) is 0 Å². The van der Waals surface area contributed by atoms with Gasteiger partial charge in [-0.25, -0.2) is 27.8 Å². The minimum absolute atomic E-state index is 0.0907. The fourth-order valence-electron chi connectivity index (χ4n) is 4.26. The van der Waals surface area contributed by atoms with Crippen LogP contribution in [0.4, 0.5) is 19.1 Å². The first kappa shape index (κ1) is 26.9. The van der Waals surface area contributed by atoms with E-state index in [9.17, 15) is 18.3 Å². The van der Waals surface area contributed by atoms with Crippen molar-refractivity contribution in [1.29, 1.82) is 0 Å². The highest BCUT2D eigenvalue weighted by Gasteiger charge is 2.23. The third-order valence-corrected chi connectivity index (χ3v) is 6.07. The molecule has 1 aromatic carbocycles. The van der Waals surface area contributed by atoms with Crippen molar-refractivity contribution in [3.05, 3.63) is 89.4 Å². The number of alkyl halides is 2. The van der Waals surface area contributed by atoms with E-state index in [0.717, 1.165) is 0 Å². The van der Waals surface area contributed by atoms with Gasteiger partial charge in [-0.2, -0.15) is 0 Å². The van der Waals surface area contributed by atoms with Gasteiger partial charge in [0.25, 0.3) is 6.43 Å². The number of aromatic nitrogens is 7. The van der Waals surface area contributed by atoms with E-state index in [0.29, 0.717) is 45.2 Å². The van der Waals surface area contributed by atoms with Gasteiger partial charge in [0.05, 0.1) is 29.8 Å². The summed E-state index contributed by atoms with van der Waals surface area (Å²) < 4.78 is 42.7. The first-order chi connectivity index (χ1) is 19.0. The molecule has 0 saturated carbocycles. The van der Waals surface area contributed by atoms with Gasteiger partial charge < -0.3 is 10.8 Å². The number of nitrogen functional groups attached to an aromatic ring is 1. The van der Waals surface area contributed by atoms with Gasteiger partial charge in [0.2, 0.25) is 5.95 Å². The lowest BCUT2D eigenvalue weighted by molar-refractivity contribution is 0.0736. The number of nitrogens with two attached hydrogens (primary N) is 1. The zero-order valence-electron chi connectivity index (χ0n) is 21.8. The first-order valence-corrected chi connectivity index (χ1v) is 12.3. The standard InChI is InChI=1S/C28H25F3N8O/c1-15-11-17(12-20(33-15)26(30)31)23-24(16-7-9-18(29)10-8-16)35-27(32)36-25(23)21-14-39(38-37-21)13-19-5-4-6-22(34-19)28(2,3)40/h4-12,14,26,40H,13H2,1-3H3,(H2,32,35,36). The Kier molecular flexibility index (Phi) is 7.03. The molecule has 0 spiro atoms. The minimum atomic E-state index is -2.81. The minimum Gasteiger partial charge on any atom is -0.384 e. The van der Waals surface area contributed by atoms with Crippen LogP contribution >= 0.6 is 0 Å². The predicted octanol–water partition coefficient (Wildman–Crippen LogP) is 5.10. The van der Waals surface area contributed by atoms with E-state index in [1.807, 2.05) is 0 Å². The summed E-state index contributed by atoms with van der Waals surface area (Å²) in [6.45, 7) is 5.14. The first-order valence-electron chi connectivity index (χ1n) is 12.3. The number of nitrogens with zero attached hydrogens (tertiary/aromatic N) is 7. The number of pyridine rings is 2. The van der Waals surface area contributed by atoms with Crippen LogP contribution in [0.2, 0.25) is 0 Å². The Morgan fingerprint density at radius 1 is 0.950 bits per heavy atom. The van der Waals surface area contributed by atoms with Crippen LogP contribution in [0, 0.1) is 12.7 Å². The van der Waals surface area contributed by atoms with Crippen molar-refractivity contribution < 1.29 is 18.3 Å². The molecule has 0 unspecified atom stereocenters. The van der Waals surface area contributed by atoms with Crippen molar-refractivity contribution in [2.45, 2.75) is 39.3 Å². The molecule has 0 amide bonds. The third-order valence-electron chi connectivity index (χ3n) is 6.07. The van der Waals surface area contributed by atoms with E-state index in [2.05, 4.69) is 30.2 Å². The Balaban J connectivity index is 1.66. The monoisotopic (exact) mass is 546 g/mol. The molecule has 0 aliphatic carbocycles. The number of aryl methyl sites for hydroxylation is 1. The second-order valence-corrected chi connectivity index (χ2v) is 9.76. The van der Waals surface area contributed by atoms with Crippen molar-refractivity contribution in [2.24, 2.45) is 0 Å². The molecule has 204 valence electrons. The summed E-state index contributed by atoms with van der Waals surface area (Å²) in [6, 6.07) is 13.8. The fraction of sp³-hybridized carbons (Fsp3) is 0.214. The molecule has 0 aliphatic rings. The van der Waals surface area contributed by atoms with Crippen LogP contribution in [0.3, 0.4) is 0 Å². The van der Waals surface area contributed by atoms with Crippen LogP contribution in [0.15, 0.2) is 60.8 Å². The third kappa shape index (κ3) is 5.66. The average Bonchev–Trinajstić information content (AvgIpc) is 3.36. The van der Waals surface area contributed by atoms with Gasteiger partial charge in [-0.05, 0) is 74.9 Å². The molecule has 0 aliphatic heterocycles. The fourth-order valence-corrected chi connectivity index (χ4v) is 4.26. The number of halogens is 3. The molecule has 3 N–H and O–H groups in total. The largest absolute Gasteiger partial charge is 0.384 e. The number of hydrogen-bond donors (Lipinski definition) is 2. The van der Waals surface area contributed by atoms with Crippen molar-refractivity contribution >= 4 is 5.95 Å². The summed E-state index contributed by atoms with van der Waals surface area (Å²) in [5.74, 6) is -0.537. The second-order valence-electron chi connectivity index (χ2n) is 9.76. The lowest BCUT2D eigenvalue weighted by Crippen LogP contribution is -2.18. The Bertz CT molecular complexity index is 1680. The van der Waals surface area contributed by atoms with Gasteiger partial charge in [-0.1, -0.05) is 11.3 Å². The van der Waals surface area contributed by atoms with Crippen LogP contribution in [0.25, 0.3) is 33.8 Å². The lowest BCUT2D eigenvalue weighted by atomic mass is 9.96. The molecule has 0 fully saturated rings. The highest BCUT2D eigenvalue weighted by Crippen LogP contribution is 2.39. The molecule has 9 nitrogen and oxygen atoms in total. The zero-order valence-corrected chi connectivity index (χ0v) is 21.8. The summed E-state index contributed by atoms with van der Waals surface area (Å²) >= 11 is 0. The van der Waals surface area contributed by atoms with Gasteiger partial charge >= 0.3 is 0 Å². The van der Waals surface area contributed by atoms with Gasteiger partial charge in [-0.15, -0.1) is 5.10 Å². The van der Waals surface area contributed by atoms with E-state index in [-0.39, 0.29) is 18.2 Å². The molecule has 0 atom stereocenters. The van der Waals surface area contributed by atoms with Crippen molar-refractivity contribution in [2.75, 3.05) is 5.73 Å². The number of hydrogen-bond acceptors (Lipinski definition) is 8. The molecular formula is C28H25F3N8O. The van der Waals surface area contributed by atoms with Crippen LogP contribution in [-0.4, -0.2) is 40.0 Å². The smallest absolute Gasteiger partial charge is 0.280 e. The highest BCUT2D eigenvalue weighted by molar-refractivity contribution is 5.90. The van der Waals surface area contributed by atoms with E-state index < -0.39 is 23.5 Å². The molecule has 0 bridgehead atoms. The van der Waals surface area contributed by atoms with Crippen molar-refractivity contribution in [1.82, 2.24) is 34.9 Å². The summed E-state index contributed by atoms with van der Waals surface area (Å²) in [4.78, 5) is 17.3. The average molecular weight is 547 g/mol. The van der Waals surface area contributed by atoms with Gasteiger partial charge in [0.15, 0.2) is 0 Å². The molecule has 4 heterocycles. The quantitative estimate of drug-likeness (QED) is 0.289. The van der Waals surface area contributed by atoms with E-state index in [4.69, 9.17) is 5.73 Å². The maximum atomic E-state index is 13.7. The van der Waals surface area contributed by atoms with Gasteiger partial charge in [-0.3, -0.25) is 9.97 Å². The van der Waals surface area contributed by atoms with E-state index >= 15 is 0 Å². The Hall–Kier alpha value is -4.71. The molecule has 0 radical (unpaired) electrons. The lowest BCUT2D eigenvalue weighted by Gasteiger charge is -2.17. The molecule has 0 saturated heterocycles. The van der Waals surface area contributed by atoms with Crippen LogP contribution in [-0.2, 0) is 12.1 Å². The predicted molar refractivity (Wildman–Crippen MR) is 142 cm³/mol. The van der Waals surface area contributed by atoms with E-state index in [1.54, 1.807) is 51.2 Å². The summed E-state index contributed by atoms with van der Waals surface area (Å²) in [5.41, 5.74) is 8.16. The normalized spacial score (nSPS) is 11.8. The number of aliphatic hydroxyl groups is 1. The highest BCUT2D eigenvalue weighted by atomic mass is 19.3. The van der Waals surface area contributed by atoms with Crippen LogP contribution in [0.1, 0.15) is 43.0 Å². The zero-order chi connectivity index (χ0) is 28.6. The number of rotatable bonds is 7. The molecule has 5 rings (SSSR count). The summed E-state index contributed by atoms with van der Waals surface area (Å²) in [7, 11) is 0. The van der Waals surface area contributed by atoms with Crippen LogP contribution < -0.4 is 5.73 Å². The molecule has 12 heteroatoms. The van der Waals surface area contributed by atoms with Crippen molar-refractivity contribution in [3.8, 4) is 33.8 Å². The maximum Gasteiger partial charge on any atom is 0.280 e. The molecule has 5 aromatic rings. The van der Waals surface area contributed by atoms with Gasteiger partial charge in [0, 0.05) is 16.8 Å². The Morgan fingerprint density at radius 3 is 2.38 bits per heavy atom. The second kappa shape index (κ2) is 10.5. The van der Waals surface area contributed by atoms with E-state index in [1.165, 1.54) is 35.0 Å². The molecule has 4 aromatic heterocycles. The molecule has 40 heavy (non-hydrogen) atoms. The maximum absolute atomic E-state index is 13.7. The summed E-state index contributed by atoms with van der Waals surface area (Å²) in [6.07, 6.45) is -1.18. The number of benzene rings is 1. The number of anilines is 1. The van der Waals surface area contributed by atoms with Gasteiger partial charge in [0.1, 0.15) is 28.5 Å². The summed E-state index contributed by atoms with van der Waals surface area (Å²) in [5, 5.41) is 18.8. The molecular weight excluding hydrogens is 521 g/mol. The Morgan fingerprint density at radius 2 is 1.68 bits per heavy atom. The SMILES string of the molecule is Cc1cc(-c2c(-c3ccc(F)cc3)nc(N)nc2-c2cn(Cc3cccc(C(C)(C)O)n3)nn2)cc(C(F)F)n1. The van der Waals surface area contributed by atoms with Crippen LogP contribution in [0.5, 0.6) is 0 Å². The Labute approximate surface area is 227 Å². The topological polar surface area (TPSA) is 129 Å².